The molecule has 0 fully saturated rings. The van der Waals surface area contributed by atoms with Crippen LogP contribution in [0.2, 0.25) is 0 Å². The second kappa shape index (κ2) is 8.61. The van der Waals surface area contributed by atoms with Crippen LogP contribution in [0.25, 0.3) is 11.1 Å². The average molecular weight is 405 g/mol. The third-order valence-corrected chi connectivity index (χ3v) is 5.24. The molecule has 0 saturated carbocycles. The van der Waals surface area contributed by atoms with E-state index in [2.05, 4.69) is 27.4 Å². The number of aryl methyl sites for hydroxylation is 1. The molecule has 2 aromatic carbocycles. The average Bonchev–Trinajstić information content (AvgIpc) is 3.09. The Kier molecular flexibility index (Phi) is 5.74. The van der Waals surface area contributed by atoms with Crippen LogP contribution in [-0.2, 0) is 4.74 Å². The molecule has 1 heterocycles. The topological polar surface area (TPSA) is 105 Å². The van der Waals surface area contributed by atoms with Crippen LogP contribution in [0.3, 0.4) is 0 Å². The Bertz CT molecular complexity index is 1010. The van der Waals surface area contributed by atoms with Gasteiger partial charge < -0.3 is 20.3 Å². The number of aromatic nitrogens is 2. The number of rotatable bonds is 6. The van der Waals surface area contributed by atoms with E-state index in [1.807, 2.05) is 36.4 Å². The number of nitrogens with one attached hydrogen (secondary N) is 1. The van der Waals surface area contributed by atoms with Crippen LogP contribution in [0.1, 0.15) is 34.5 Å². The molecule has 1 aliphatic rings. The van der Waals surface area contributed by atoms with E-state index in [1.165, 1.54) is 6.20 Å². The second-order valence-corrected chi connectivity index (χ2v) is 7.30. The first-order valence-corrected chi connectivity index (χ1v) is 9.78. The molecule has 0 radical (unpaired) electrons. The van der Waals surface area contributed by atoms with Gasteiger partial charge in [-0.3, -0.25) is 9.97 Å². The minimum Gasteiger partial charge on any atom is -0.449 e. The van der Waals surface area contributed by atoms with E-state index in [-0.39, 0.29) is 24.8 Å². The lowest BCUT2D eigenvalue weighted by Crippen LogP contribution is -2.36. The van der Waals surface area contributed by atoms with E-state index >= 15 is 0 Å². The minimum absolute atomic E-state index is 0.0405. The van der Waals surface area contributed by atoms with E-state index in [1.54, 1.807) is 13.1 Å². The quantitative estimate of drug-likeness (QED) is 0.583. The molecule has 1 aliphatic carbocycles. The molecule has 7 heteroatoms. The summed E-state index contributed by atoms with van der Waals surface area (Å²) in [6, 6.07) is 16.2. The number of carbonyl (C=O) groups is 1. The maximum absolute atomic E-state index is 12.2. The van der Waals surface area contributed by atoms with Gasteiger partial charge in [0.15, 0.2) is 0 Å². The Hall–Kier alpha value is -3.29. The van der Waals surface area contributed by atoms with Crippen LogP contribution in [0.15, 0.2) is 60.9 Å². The normalized spacial score (nSPS) is 14.5. The van der Waals surface area contributed by atoms with Crippen LogP contribution in [0, 0.1) is 6.92 Å². The summed E-state index contributed by atoms with van der Waals surface area (Å²) in [5, 5.41) is 22.9. The molecule has 1 aromatic heterocycles. The number of hydrogen-bond donors (Lipinski definition) is 3. The van der Waals surface area contributed by atoms with Gasteiger partial charge in [-0.2, -0.15) is 0 Å². The highest BCUT2D eigenvalue weighted by atomic mass is 16.5. The van der Waals surface area contributed by atoms with Crippen LogP contribution in [-0.4, -0.2) is 45.5 Å². The van der Waals surface area contributed by atoms with Crippen molar-refractivity contribution in [3.8, 4) is 11.1 Å². The van der Waals surface area contributed by atoms with Crippen molar-refractivity contribution in [2.45, 2.75) is 25.0 Å². The maximum atomic E-state index is 12.2. The molecule has 3 aromatic rings. The lowest BCUT2D eigenvalue weighted by molar-refractivity contribution is 0.0158. The van der Waals surface area contributed by atoms with Gasteiger partial charge in [-0.25, -0.2) is 4.79 Å². The van der Waals surface area contributed by atoms with Gasteiger partial charge in [-0.1, -0.05) is 48.5 Å². The number of nitrogens with zero attached hydrogens (tertiary/aromatic N) is 2. The molecule has 3 N–H and O–H groups in total. The van der Waals surface area contributed by atoms with Crippen molar-refractivity contribution in [2.75, 3.05) is 13.2 Å². The Balaban J connectivity index is 1.34. The van der Waals surface area contributed by atoms with Crippen molar-refractivity contribution in [3.63, 3.8) is 0 Å². The lowest BCUT2D eigenvalue weighted by Gasteiger charge is -2.18. The zero-order valence-corrected chi connectivity index (χ0v) is 16.5. The maximum Gasteiger partial charge on any atom is 0.407 e. The summed E-state index contributed by atoms with van der Waals surface area (Å²) in [5.41, 5.74) is 5.43. The fourth-order valence-corrected chi connectivity index (χ4v) is 3.77. The van der Waals surface area contributed by atoms with Crippen molar-refractivity contribution in [1.82, 2.24) is 15.3 Å². The van der Waals surface area contributed by atoms with Crippen molar-refractivity contribution >= 4 is 6.09 Å². The van der Waals surface area contributed by atoms with Gasteiger partial charge in [-0.15, -0.1) is 0 Å². The van der Waals surface area contributed by atoms with Crippen molar-refractivity contribution in [1.29, 1.82) is 0 Å². The van der Waals surface area contributed by atoms with Crippen molar-refractivity contribution in [2.24, 2.45) is 0 Å². The van der Waals surface area contributed by atoms with Gasteiger partial charge in [0.2, 0.25) is 0 Å². The standard InChI is InChI=1S/C23H23N3O4/c1-14-10-24-11-20(26-14)22(28)21(27)12-25-23(29)30-13-19-17-8-4-2-6-15(17)16-7-3-5-9-18(16)19/h2-11,19,21-22,27-28H,12-13H2,1H3,(H,25,29). The molecule has 30 heavy (non-hydrogen) atoms. The molecule has 0 spiro atoms. The Morgan fingerprint density at radius 1 is 1.07 bits per heavy atom. The molecule has 2 atom stereocenters. The number of benzene rings is 2. The number of hydrogen-bond acceptors (Lipinski definition) is 6. The van der Waals surface area contributed by atoms with Crippen LogP contribution >= 0.6 is 0 Å². The van der Waals surface area contributed by atoms with E-state index in [0.29, 0.717) is 5.69 Å². The highest BCUT2D eigenvalue weighted by Crippen LogP contribution is 2.44. The zero-order chi connectivity index (χ0) is 21.1. The van der Waals surface area contributed by atoms with Gasteiger partial charge in [0, 0.05) is 18.7 Å². The number of carbonyl (C=O) groups excluding carboxylic acids is 1. The zero-order valence-electron chi connectivity index (χ0n) is 16.5. The lowest BCUT2D eigenvalue weighted by atomic mass is 9.98. The summed E-state index contributed by atoms with van der Waals surface area (Å²) in [7, 11) is 0. The highest BCUT2D eigenvalue weighted by Gasteiger charge is 2.29. The predicted molar refractivity (Wildman–Crippen MR) is 111 cm³/mol. The smallest absolute Gasteiger partial charge is 0.407 e. The third-order valence-electron chi connectivity index (χ3n) is 5.24. The minimum atomic E-state index is -1.26. The van der Waals surface area contributed by atoms with Gasteiger partial charge in [0.1, 0.15) is 18.8 Å². The summed E-state index contributed by atoms with van der Waals surface area (Å²) >= 11 is 0. The number of ether oxygens (including phenoxy) is 1. The van der Waals surface area contributed by atoms with Gasteiger partial charge in [0.25, 0.3) is 0 Å². The molecule has 154 valence electrons. The summed E-state index contributed by atoms with van der Waals surface area (Å²) < 4.78 is 5.42. The van der Waals surface area contributed by atoms with Crippen LogP contribution in [0.5, 0.6) is 0 Å². The molecular formula is C23H23N3O4. The largest absolute Gasteiger partial charge is 0.449 e. The molecule has 0 saturated heterocycles. The summed E-state index contributed by atoms with van der Waals surface area (Å²) in [5.74, 6) is -0.0405. The molecule has 7 nitrogen and oxygen atoms in total. The number of aliphatic hydroxyl groups is 2. The molecule has 1 amide bonds. The molecule has 2 unspecified atom stereocenters. The van der Waals surface area contributed by atoms with Crippen molar-refractivity contribution < 1.29 is 19.7 Å². The Morgan fingerprint density at radius 2 is 1.70 bits per heavy atom. The fraction of sp³-hybridized carbons (Fsp3) is 0.261. The summed E-state index contributed by atoms with van der Waals surface area (Å²) in [6.07, 6.45) is -0.211. The van der Waals surface area contributed by atoms with Crippen LogP contribution in [0.4, 0.5) is 4.79 Å². The van der Waals surface area contributed by atoms with Gasteiger partial charge >= 0.3 is 6.09 Å². The third kappa shape index (κ3) is 4.03. The van der Waals surface area contributed by atoms with E-state index in [0.717, 1.165) is 22.3 Å². The monoisotopic (exact) mass is 405 g/mol. The number of aliphatic hydroxyl groups excluding tert-OH is 2. The first kappa shape index (κ1) is 20.0. The van der Waals surface area contributed by atoms with Gasteiger partial charge in [-0.05, 0) is 29.2 Å². The van der Waals surface area contributed by atoms with E-state index < -0.39 is 18.3 Å². The fourth-order valence-electron chi connectivity index (χ4n) is 3.77. The molecular weight excluding hydrogens is 382 g/mol. The first-order chi connectivity index (χ1) is 14.5. The summed E-state index contributed by atoms with van der Waals surface area (Å²) in [6.45, 7) is 1.75. The molecule has 4 rings (SSSR count). The van der Waals surface area contributed by atoms with E-state index in [4.69, 9.17) is 4.74 Å². The Labute approximate surface area is 174 Å². The van der Waals surface area contributed by atoms with Crippen molar-refractivity contribution in [3.05, 3.63) is 83.4 Å². The number of fused-ring (bicyclic) bond motifs is 3. The first-order valence-electron chi connectivity index (χ1n) is 9.78. The predicted octanol–water partition coefficient (Wildman–Crippen LogP) is 2.72. The molecule has 0 aliphatic heterocycles. The SMILES string of the molecule is Cc1cncc(C(O)C(O)CNC(=O)OCC2c3ccccc3-c3ccccc32)n1. The Morgan fingerprint density at radius 3 is 2.33 bits per heavy atom. The second-order valence-electron chi connectivity index (χ2n) is 7.30. The molecule has 0 bridgehead atoms. The van der Waals surface area contributed by atoms with E-state index in [9.17, 15) is 15.0 Å². The number of amides is 1. The number of alkyl carbamates (subject to hydrolysis) is 1. The van der Waals surface area contributed by atoms with Gasteiger partial charge in [0.05, 0.1) is 17.6 Å². The highest BCUT2D eigenvalue weighted by molar-refractivity contribution is 5.79. The van der Waals surface area contributed by atoms with Crippen LogP contribution < -0.4 is 5.32 Å². The summed E-state index contributed by atoms with van der Waals surface area (Å²) in [4.78, 5) is 20.3.